The molecule has 0 atom stereocenters. The molecule has 2 rings (SSSR count). The molecule has 0 amide bonds. The molecule has 0 fully saturated rings. The fourth-order valence-electron chi connectivity index (χ4n) is 1.51. The second kappa shape index (κ2) is 5.54. The molecule has 0 unspecified atom stereocenters. The summed E-state index contributed by atoms with van der Waals surface area (Å²) in [5.41, 5.74) is 0.391. The molecule has 0 aliphatic carbocycles. The van der Waals surface area contributed by atoms with Crippen molar-refractivity contribution >= 4 is 5.97 Å². The first-order chi connectivity index (χ1) is 8.31. The first kappa shape index (κ1) is 11.7. The van der Waals surface area contributed by atoms with Crippen LogP contribution in [0.15, 0.2) is 18.2 Å². The van der Waals surface area contributed by atoms with Crippen LogP contribution in [0.25, 0.3) is 0 Å². The Bertz CT molecular complexity index is 402. The maximum Gasteiger partial charge on any atom is 0.338 e. The molecule has 1 aliphatic heterocycles. The number of aliphatic hydroxyl groups is 1. The van der Waals surface area contributed by atoms with Gasteiger partial charge >= 0.3 is 5.97 Å². The highest BCUT2D eigenvalue weighted by Gasteiger charge is 2.14. The number of esters is 1. The van der Waals surface area contributed by atoms with Gasteiger partial charge in [-0.1, -0.05) is 0 Å². The predicted octanol–water partition coefficient (Wildman–Crippen LogP) is 0.997. The summed E-state index contributed by atoms with van der Waals surface area (Å²) in [6.45, 7) is 0.993. The quantitative estimate of drug-likeness (QED) is 0.796. The zero-order valence-corrected chi connectivity index (χ0v) is 9.35. The number of benzene rings is 1. The minimum absolute atomic E-state index is 0.00667. The summed E-state index contributed by atoms with van der Waals surface area (Å²) in [5, 5.41) is 8.57. The topological polar surface area (TPSA) is 65.0 Å². The van der Waals surface area contributed by atoms with Crippen molar-refractivity contribution in [2.45, 2.75) is 6.42 Å². The van der Waals surface area contributed by atoms with Crippen molar-refractivity contribution < 1.29 is 24.1 Å². The van der Waals surface area contributed by atoms with Gasteiger partial charge in [0.2, 0.25) is 0 Å². The fraction of sp³-hybridized carbons (Fsp3) is 0.417. The lowest BCUT2D eigenvalue weighted by molar-refractivity contribution is 0.0433. The molecular formula is C12H14O5. The standard InChI is InChI=1S/C12H14O5/c13-4-7-17-12(14)9-2-3-10-11(8-9)16-6-1-5-15-10/h2-3,8,13H,1,4-7H2. The van der Waals surface area contributed by atoms with Gasteiger partial charge in [0.15, 0.2) is 11.5 Å². The number of hydrogen-bond acceptors (Lipinski definition) is 5. The third-order valence-electron chi connectivity index (χ3n) is 2.31. The van der Waals surface area contributed by atoms with E-state index in [0.717, 1.165) is 6.42 Å². The van der Waals surface area contributed by atoms with Crippen molar-refractivity contribution in [3.05, 3.63) is 23.8 Å². The van der Waals surface area contributed by atoms with Gasteiger partial charge in [-0.2, -0.15) is 0 Å². The average molecular weight is 238 g/mol. The molecule has 92 valence electrons. The lowest BCUT2D eigenvalue weighted by atomic mass is 10.2. The molecule has 0 bridgehead atoms. The van der Waals surface area contributed by atoms with Crippen LogP contribution < -0.4 is 9.47 Å². The van der Waals surface area contributed by atoms with Gasteiger partial charge in [-0.3, -0.25) is 0 Å². The van der Waals surface area contributed by atoms with E-state index < -0.39 is 5.97 Å². The van der Waals surface area contributed by atoms with Gasteiger partial charge < -0.3 is 19.3 Å². The fourth-order valence-corrected chi connectivity index (χ4v) is 1.51. The molecule has 0 spiro atoms. The van der Waals surface area contributed by atoms with Crippen molar-refractivity contribution in [3.8, 4) is 11.5 Å². The van der Waals surface area contributed by atoms with Crippen molar-refractivity contribution in [2.75, 3.05) is 26.4 Å². The maximum absolute atomic E-state index is 11.5. The molecule has 1 N–H and O–H groups in total. The average Bonchev–Trinajstić information content (AvgIpc) is 2.60. The highest BCUT2D eigenvalue weighted by molar-refractivity contribution is 5.90. The van der Waals surface area contributed by atoms with Crippen LogP contribution in [-0.4, -0.2) is 37.5 Å². The van der Waals surface area contributed by atoms with Crippen molar-refractivity contribution in [2.24, 2.45) is 0 Å². The maximum atomic E-state index is 11.5. The number of carbonyl (C=O) groups is 1. The van der Waals surface area contributed by atoms with Crippen LogP contribution in [0.3, 0.4) is 0 Å². The first-order valence-electron chi connectivity index (χ1n) is 5.49. The monoisotopic (exact) mass is 238 g/mol. The second-order valence-electron chi connectivity index (χ2n) is 3.57. The Morgan fingerprint density at radius 3 is 2.82 bits per heavy atom. The molecule has 5 nitrogen and oxygen atoms in total. The predicted molar refractivity (Wildman–Crippen MR) is 59.4 cm³/mol. The molecule has 1 heterocycles. The van der Waals surface area contributed by atoms with Crippen LogP contribution in [0.1, 0.15) is 16.8 Å². The molecule has 1 aliphatic rings. The van der Waals surface area contributed by atoms with E-state index in [1.165, 1.54) is 0 Å². The number of aliphatic hydroxyl groups excluding tert-OH is 1. The molecule has 1 aromatic rings. The molecular weight excluding hydrogens is 224 g/mol. The summed E-state index contributed by atoms with van der Waals surface area (Å²) in [5.74, 6) is 0.719. The van der Waals surface area contributed by atoms with Gasteiger partial charge in [-0.25, -0.2) is 4.79 Å². The van der Waals surface area contributed by atoms with Crippen LogP contribution in [0, 0.1) is 0 Å². The Kier molecular flexibility index (Phi) is 3.82. The largest absolute Gasteiger partial charge is 0.490 e. The zero-order valence-electron chi connectivity index (χ0n) is 9.35. The summed E-state index contributed by atoms with van der Waals surface area (Å²) in [4.78, 5) is 11.5. The Labute approximate surface area is 98.9 Å². The third kappa shape index (κ3) is 2.88. The molecule has 0 radical (unpaired) electrons. The van der Waals surface area contributed by atoms with Crippen LogP contribution in [0.4, 0.5) is 0 Å². The van der Waals surface area contributed by atoms with Gasteiger partial charge in [0.1, 0.15) is 6.61 Å². The van der Waals surface area contributed by atoms with Gasteiger partial charge in [-0.15, -0.1) is 0 Å². The number of hydrogen-bond donors (Lipinski definition) is 1. The number of carbonyl (C=O) groups excluding carboxylic acids is 1. The normalized spacial score (nSPS) is 13.9. The van der Waals surface area contributed by atoms with Crippen LogP contribution in [0.2, 0.25) is 0 Å². The molecule has 0 saturated carbocycles. The summed E-state index contributed by atoms with van der Waals surface area (Å²) < 4.78 is 15.7. The Hall–Kier alpha value is -1.75. The minimum Gasteiger partial charge on any atom is -0.490 e. The molecule has 5 heteroatoms. The SMILES string of the molecule is O=C(OCCO)c1ccc2c(c1)OCCCO2. The van der Waals surface area contributed by atoms with Gasteiger partial charge in [0, 0.05) is 6.42 Å². The van der Waals surface area contributed by atoms with Crippen LogP contribution >= 0.6 is 0 Å². The van der Waals surface area contributed by atoms with E-state index in [0.29, 0.717) is 30.3 Å². The van der Waals surface area contributed by atoms with Gasteiger partial charge in [-0.05, 0) is 18.2 Å². The van der Waals surface area contributed by atoms with E-state index in [4.69, 9.17) is 19.3 Å². The van der Waals surface area contributed by atoms with E-state index in [1.54, 1.807) is 18.2 Å². The van der Waals surface area contributed by atoms with Crippen molar-refractivity contribution in [1.29, 1.82) is 0 Å². The highest BCUT2D eigenvalue weighted by Crippen LogP contribution is 2.30. The number of rotatable bonds is 3. The van der Waals surface area contributed by atoms with Crippen LogP contribution in [-0.2, 0) is 4.74 Å². The third-order valence-corrected chi connectivity index (χ3v) is 2.31. The molecule has 1 aromatic carbocycles. The Morgan fingerprint density at radius 2 is 2.06 bits per heavy atom. The van der Waals surface area contributed by atoms with Crippen molar-refractivity contribution in [3.63, 3.8) is 0 Å². The number of ether oxygens (including phenoxy) is 3. The lowest BCUT2D eigenvalue weighted by Crippen LogP contribution is -2.09. The minimum atomic E-state index is -0.477. The molecule has 0 aromatic heterocycles. The first-order valence-corrected chi connectivity index (χ1v) is 5.49. The van der Waals surface area contributed by atoms with Crippen molar-refractivity contribution in [1.82, 2.24) is 0 Å². The van der Waals surface area contributed by atoms with E-state index >= 15 is 0 Å². The van der Waals surface area contributed by atoms with Gasteiger partial charge in [0.05, 0.1) is 25.4 Å². The smallest absolute Gasteiger partial charge is 0.338 e. The van der Waals surface area contributed by atoms with E-state index in [2.05, 4.69) is 0 Å². The highest BCUT2D eigenvalue weighted by atomic mass is 16.5. The summed E-state index contributed by atoms with van der Waals surface area (Å²) in [7, 11) is 0. The summed E-state index contributed by atoms with van der Waals surface area (Å²) in [6.07, 6.45) is 0.818. The van der Waals surface area contributed by atoms with E-state index in [-0.39, 0.29) is 13.2 Å². The van der Waals surface area contributed by atoms with Gasteiger partial charge in [0.25, 0.3) is 0 Å². The molecule has 0 saturated heterocycles. The summed E-state index contributed by atoms with van der Waals surface area (Å²) >= 11 is 0. The number of fused-ring (bicyclic) bond motifs is 1. The van der Waals surface area contributed by atoms with E-state index in [9.17, 15) is 4.79 Å². The zero-order chi connectivity index (χ0) is 12.1. The second-order valence-corrected chi connectivity index (χ2v) is 3.57. The summed E-state index contributed by atoms with van der Waals surface area (Å²) in [6, 6.07) is 4.91. The Balaban J connectivity index is 2.14. The van der Waals surface area contributed by atoms with Crippen LogP contribution in [0.5, 0.6) is 11.5 Å². The lowest BCUT2D eigenvalue weighted by Gasteiger charge is -2.08. The molecule has 17 heavy (non-hydrogen) atoms. The Morgan fingerprint density at radius 1 is 1.29 bits per heavy atom. The van der Waals surface area contributed by atoms with E-state index in [1.807, 2.05) is 0 Å².